The van der Waals surface area contributed by atoms with Crippen LogP contribution in [-0.4, -0.2) is 69.2 Å². The molecule has 0 spiro atoms. The number of rotatable bonds is 5. The quantitative estimate of drug-likeness (QED) is 0.585. The lowest BCUT2D eigenvalue weighted by atomic mass is 9.93. The Morgan fingerprint density at radius 2 is 1.97 bits per heavy atom. The Morgan fingerprint density at radius 1 is 1.24 bits per heavy atom. The Bertz CT molecular complexity index is 1220. The molecule has 33 heavy (non-hydrogen) atoms. The molecule has 0 saturated carbocycles. The predicted octanol–water partition coefficient (Wildman–Crippen LogP) is 2.41. The normalized spacial score (nSPS) is 14.4. The minimum Gasteiger partial charge on any atom is -0.384 e. The van der Waals surface area contributed by atoms with Gasteiger partial charge < -0.3 is 15.5 Å². The number of nitrogen functional groups attached to an aromatic ring is 1. The monoisotopic (exact) mass is 464 g/mol. The summed E-state index contributed by atoms with van der Waals surface area (Å²) in [6, 6.07) is 7.24. The number of likely N-dealkylation sites (tertiary alicyclic amines) is 1. The van der Waals surface area contributed by atoms with Crippen LogP contribution < -0.4 is 5.73 Å². The second-order valence-electron chi connectivity index (χ2n) is 7.92. The number of likely N-dealkylation sites (N-methyl/N-ethyl adjacent to an activating group) is 1. The van der Waals surface area contributed by atoms with Crippen molar-refractivity contribution in [3.05, 3.63) is 53.6 Å². The number of hydrogen-bond acceptors (Lipinski definition) is 5. The van der Waals surface area contributed by atoms with E-state index < -0.39 is 31.0 Å². The van der Waals surface area contributed by atoms with Crippen molar-refractivity contribution in [2.45, 2.75) is 18.6 Å². The van der Waals surface area contributed by atoms with Gasteiger partial charge in [-0.3, -0.25) is 14.3 Å². The number of carbonyl (C=O) groups is 2. The number of carbonyl (C=O) groups excluding carboxylic acids is 2. The van der Waals surface area contributed by atoms with Gasteiger partial charge in [0.15, 0.2) is 0 Å². The lowest BCUT2D eigenvalue weighted by Gasteiger charge is -2.38. The van der Waals surface area contributed by atoms with Crippen molar-refractivity contribution < 1.29 is 27.2 Å². The number of anilines is 1. The van der Waals surface area contributed by atoms with Crippen LogP contribution in [0.4, 0.5) is 23.4 Å². The molecule has 0 unspecified atom stereocenters. The minimum absolute atomic E-state index is 0.189. The number of amides is 2. The third-order valence-corrected chi connectivity index (χ3v) is 5.47. The molecular weight excluding hydrogens is 444 g/mol. The maximum atomic E-state index is 14.7. The molecule has 174 valence electrons. The van der Waals surface area contributed by atoms with Crippen molar-refractivity contribution in [2.24, 2.45) is 0 Å². The summed E-state index contributed by atoms with van der Waals surface area (Å²) in [6.07, 6.45) is -3.10. The highest BCUT2D eigenvalue weighted by Crippen LogP contribution is 2.34. The van der Waals surface area contributed by atoms with Crippen molar-refractivity contribution in [2.75, 3.05) is 32.4 Å². The molecule has 2 aromatic heterocycles. The van der Waals surface area contributed by atoms with Crippen LogP contribution in [-0.2, 0) is 11.3 Å². The lowest BCUT2D eigenvalue weighted by molar-refractivity contribution is -0.158. The van der Waals surface area contributed by atoms with Crippen LogP contribution >= 0.6 is 0 Å². The van der Waals surface area contributed by atoms with Gasteiger partial charge in [0.05, 0.1) is 16.6 Å². The van der Waals surface area contributed by atoms with Gasteiger partial charge in [-0.05, 0) is 24.3 Å². The molecule has 0 aliphatic carbocycles. The van der Waals surface area contributed by atoms with Crippen LogP contribution in [0.3, 0.4) is 0 Å². The average molecular weight is 464 g/mol. The first-order chi connectivity index (χ1) is 15.5. The molecule has 0 atom stereocenters. The number of halogens is 4. The molecule has 4 rings (SSSR count). The summed E-state index contributed by atoms with van der Waals surface area (Å²) in [4.78, 5) is 30.9. The summed E-state index contributed by atoms with van der Waals surface area (Å²) in [7, 11) is 1.05. The number of nitrogens with two attached hydrogens (primary N) is 1. The molecule has 1 aliphatic rings. The first-order valence-corrected chi connectivity index (χ1v) is 10.00. The molecular formula is C21H20F4N6O2. The second kappa shape index (κ2) is 8.34. The van der Waals surface area contributed by atoms with Crippen molar-refractivity contribution in [3.8, 4) is 0 Å². The largest absolute Gasteiger partial charge is 0.406 e. The van der Waals surface area contributed by atoms with E-state index in [1.807, 2.05) is 0 Å². The van der Waals surface area contributed by atoms with Gasteiger partial charge in [0, 0.05) is 37.8 Å². The van der Waals surface area contributed by atoms with E-state index in [1.54, 1.807) is 17.0 Å². The third-order valence-electron chi connectivity index (χ3n) is 5.47. The molecule has 1 aromatic carbocycles. The van der Waals surface area contributed by atoms with Crippen LogP contribution in [0.15, 0.2) is 36.5 Å². The minimum atomic E-state index is -4.53. The maximum absolute atomic E-state index is 14.7. The summed E-state index contributed by atoms with van der Waals surface area (Å²) in [5, 5.41) is 4.54. The summed E-state index contributed by atoms with van der Waals surface area (Å²) in [5.74, 6) is -1.71. The molecule has 1 aliphatic heterocycles. The highest BCUT2D eigenvalue weighted by Gasteiger charge is 2.36. The van der Waals surface area contributed by atoms with Gasteiger partial charge in [0.25, 0.3) is 5.91 Å². The first kappa shape index (κ1) is 22.5. The van der Waals surface area contributed by atoms with Gasteiger partial charge in [0.1, 0.15) is 24.7 Å². The Balaban J connectivity index is 1.55. The fraction of sp³-hybridized carbons (Fsp3) is 0.333. The Kier molecular flexibility index (Phi) is 5.68. The third kappa shape index (κ3) is 4.59. The van der Waals surface area contributed by atoms with Crippen LogP contribution in [0, 0.1) is 5.82 Å². The number of benzene rings is 1. The van der Waals surface area contributed by atoms with Gasteiger partial charge in [-0.1, -0.05) is 6.07 Å². The highest BCUT2D eigenvalue weighted by atomic mass is 19.4. The van der Waals surface area contributed by atoms with E-state index in [9.17, 15) is 27.2 Å². The van der Waals surface area contributed by atoms with E-state index in [-0.39, 0.29) is 36.1 Å². The van der Waals surface area contributed by atoms with E-state index in [0.717, 1.165) is 7.05 Å². The number of nitrogens with zero attached hydrogens (tertiary/aromatic N) is 5. The summed E-state index contributed by atoms with van der Waals surface area (Å²) < 4.78 is 53.7. The van der Waals surface area contributed by atoms with Crippen molar-refractivity contribution in [3.63, 3.8) is 0 Å². The van der Waals surface area contributed by atoms with Crippen molar-refractivity contribution in [1.82, 2.24) is 24.6 Å². The van der Waals surface area contributed by atoms with Gasteiger partial charge in [0.2, 0.25) is 5.91 Å². The molecule has 1 fully saturated rings. The number of aromatic nitrogens is 3. The molecule has 0 bridgehead atoms. The number of alkyl halides is 3. The van der Waals surface area contributed by atoms with Gasteiger partial charge in [-0.25, -0.2) is 9.37 Å². The van der Waals surface area contributed by atoms with Gasteiger partial charge in [-0.15, -0.1) is 0 Å². The fourth-order valence-corrected chi connectivity index (χ4v) is 3.81. The van der Waals surface area contributed by atoms with Crippen molar-refractivity contribution in [1.29, 1.82) is 0 Å². The SMILES string of the molecule is CN(CC(F)(F)F)C(=O)Cn1nc(C2CN(C(=O)c3ccnc(N)c3)C2)c2c(F)cccc21. The van der Waals surface area contributed by atoms with E-state index >= 15 is 0 Å². The molecule has 2 N–H and O–H groups in total. The van der Waals surface area contributed by atoms with Crippen LogP contribution in [0.2, 0.25) is 0 Å². The zero-order valence-corrected chi connectivity index (χ0v) is 17.5. The van der Waals surface area contributed by atoms with E-state index in [4.69, 9.17) is 5.73 Å². The zero-order valence-electron chi connectivity index (χ0n) is 17.5. The van der Waals surface area contributed by atoms with E-state index in [0.29, 0.717) is 21.7 Å². The topological polar surface area (TPSA) is 97.4 Å². The van der Waals surface area contributed by atoms with Gasteiger partial charge >= 0.3 is 6.18 Å². The van der Waals surface area contributed by atoms with Crippen LogP contribution in [0.1, 0.15) is 22.0 Å². The molecule has 1 saturated heterocycles. The highest BCUT2D eigenvalue weighted by molar-refractivity contribution is 5.95. The Labute approximate surface area is 185 Å². The number of fused-ring (bicyclic) bond motifs is 1. The first-order valence-electron chi connectivity index (χ1n) is 10.00. The summed E-state index contributed by atoms with van der Waals surface area (Å²) in [6.45, 7) is -1.34. The molecule has 0 radical (unpaired) electrons. The molecule has 2 amide bonds. The van der Waals surface area contributed by atoms with E-state index in [2.05, 4.69) is 10.1 Å². The molecule has 3 aromatic rings. The van der Waals surface area contributed by atoms with E-state index in [1.165, 1.54) is 29.1 Å². The Hall–Kier alpha value is -3.70. The number of pyridine rings is 1. The zero-order chi connectivity index (χ0) is 23.9. The second-order valence-corrected chi connectivity index (χ2v) is 7.92. The summed E-state index contributed by atoms with van der Waals surface area (Å²) >= 11 is 0. The van der Waals surface area contributed by atoms with Crippen LogP contribution in [0.5, 0.6) is 0 Å². The van der Waals surface area contributed by atoms with Crippen LogP contribution in [0.25, 0.3) is 10.9 Å². The molecule has 3 heterocycles. The maximum Gasteiger partial charge on any atom is 0.406 e. The standard InChI is InChI=1S/C21H20F4N6O2/c1-29(11-21(23,24)25)17(32)10-31-15-4-2-3-14(22)18(15)19(28-31)13-8-30(9-13)20(33)12-5-6-27-16(26)7-12/h2-7,13H,8-11H2,1H3,(H2,26,27). The summed E-state index contributed by atoms with van der Waals surface area (Å²) in [5.41, 5.74) is 6.65. The smallest absolute Gasteiger partial charge is 0.384 e. The molecule has 12 heteroatoms. The fourth-order valence-electron chi connectivity index (χ4n) is 3.81. The predicted molar refractivity (Wildman–Crippen MR) is 111 cm³/mol. The Morgan fingerprint density at radius 3 is 2.64 bits per heavy atom. The number of hydrogen-bond donors (Lipinski definition) is 1. The average Bonchev–Trinajstić information content (AvgIpc) is 3.05. The van der Waals surface area contributed by atoms with Crippen molar-refractivity contribution >= 4 is 28.5 Å². The van der Waals surface area contributed by atoms with Gasteiger partial charge in [-0.2, -0.15) is 18.3 Å². The lowest BCUT2D eigenvalue weighted by Crippen LogP contribution is -2.48. The molecule has 8 nitrogen and oxygen atoms in total.